The van der Waals surface area contributed by atoms with Gasteiger partial charge in [-0.2, -0.15) is 0 Å². The third kappa shape index (κ3) is 4.45. The molecule has 102 valence electrons. The number of nitrogens with one attached hydrogen (secondary N) is 1. The van der Waals surface area contributed by atoms with Crippen LogP contribution in [0, 0.1) is 0 Å². The topological polar surface area (TPSA) is 39.7 Å². The second-order valence-electron chi connectivity index (χ2n) is 3.90. The Balaban J connectivity index is 2.45. The fraction of sp³-hybridized carbons (Fsp3) is 0.571. The average molecular weight is 253 g/mol. The number of para-hydroxylation sites is 1. The Kier molecular flexibility index (Phi) is 7.03. The van der Waals surface area contributed by atoms with Gasteiger partial charge in [0.25, 0.3) is 0 Å². The van der Waals surface area contributed by atoms with Gasteiger partial charge in [-0.25, -0.2) is 0 Å². The molecule has 1 aromatic rings. The summed E-state index contributed by atoms with van der Waals surface area (Å²) in [6, 6.07) is 5.63. The van der Waals surface area contributed by atoms with E-state index in [1.54, 1.807) is 14.2 Å². The van der Waals surface area contributed by atoms with Gasteiger partial charge in [-0.3, -0.25) is 0 Å². The molecule has 0 aliphatic rings. The van der Waals surface area contributed by atoms with E-state index >= 15 is 0 Å². The van der Waals surface area contributed by atoms with Gasteiger partial charge in [0, 0.05) is 0 Å². The van der Waals surface area contributed by atoms with Gasteiger partial charge in [0.05, 0.1) is 20.8 Å². The molecule has 0 spiro atoms. The zero-order valence-electron chi connectivity index (χ0n) is 11.5. The largest absolute Gasteiger partial charge is 0.493 e. The lowest BCUT2D eigenvalue weighted by molar-refractivity contribution is 0.268. The van der Waals surface area contributed by atoms with E-state index < -0.39 is 0 Å². The molecular weight excluding hydrogens is 230 g/mol. The number of unbranched alkanes of at least 4 members (excludes halogenated alkanes) is 1. The SMILES string of the molecule is CCNCCCCOc1c(OC)cccc1OC. The highest BCUT2D eigenvalue weighted by molar-refractivity contribution is 5.51. The van der Waals surface area contributed by atoms with Crippen LogP contribution in [0.25, 0.3) is 0 Å². The molecule has 1 aromatic carbocycles. The molecule has 0 unspecified atom stereocenters. The number of methoxy groups -OCH3 is 2. The predicted octanol–water partition coefficient (Wildman–Crippen LogP) is 2.47. The van der Waals surface area contributed by atoms with Crippen LogP contribution in [0.1, 0.15) is 19.8 Å². The van der Waals surface area contributed by atoms with Crippen molar-refractivity contribution in [2.75, 3.05) is 33.9 Å². The minimum Gasteiger partial charge on any atom is -0.493 e. The Morgan fingerprint density at radius 2 is 1.72 bits per heavy atom. The molecule has 4 heteroatoms. The fourth-order valence-corrected chi connectivity index (χ4v) is 1.66. The third-order valence-corrected chi connectivity index (χ3v) is 2.63. The van der Waals surface area contributed by atoms with Crippen LogP contribution in [-0.2, 0) is 0 Å². The Labute approximate surface area is 109 Å². The maximum Gasteiger partial charge on any atom is 0.203 e. The Morgan fingerprint density at radius 1 is 1.06 bits per heavy atom. The lowest BCUT2D eigenvalue weighted by atomic mass is 10.3. The molecule has 1 rings (SSSR count). The van der Waals surface area contributed by atoms with Gasteiger partial charge in [-0.1, -0.05) is 13.0 Å². The van der Waals surface area contributed by atoms with E-state index in [2.05, 4.69) is 12.2 Å². The molecule has 0 heterocycles. The summed E-state index contributed by atoms with van der Waals surface area (Å²) in [7, 11) is 3.26. The van der Waals surface area contributed by atoms with Crippen LogP contribution >= 0.6 is 0 Å². The highest BCUT2D eigenvalue weighted by atomic mass is 16.5. The van der Waals surface area contributed by atoms with Gasteiger partial charge in [-0.05, 0) is 38.1 Å². The molecule has 0 saturated heterocycles. The van der Waals surface area contributed by atoms with E-state index in [1.165, 1.54) is 0 Å². The summed E-state index contributed by atoms with van der Waals surface area (Å²) < 4.78 is 16.3. The standard InChI is InChI=1S/C14H23NO3/c1-4-15-10-5-6-11-18-14-12(16-2)8-7-9-13(14)17-3/h7-9,15H,4-6,10-11H2,1-3H3. The summed E-state index contributed by atoms with van der Waals surface area (Å²) in [5, 5.41) is 3.29. The normalized spacial score (nSPS) is 10.2. The Hall–Kier alpha value is -1.42. The Bertz CT molecular complexity index is 320. The highest BCUT2D eigenvalue weighted by Crippen LogP contribution is 2.36. The number of hydrogen-bond donors (Lipinski definition) is 1. The van der Waals surface area contributed by atoms with Crippen molar-refractivity contribution in [1.29, 1.82) is 0 Å². The second-order valence-corrected chi connectivity index (χ2v) is 3.90. The maximum atomic E-state index is 5.75. The summed E-state index contributed by atoms with van der Waals surface area (Å²) in [5.74, 6) is 2.10. The quantitative estimate of drug-likeness (QED) is 0.686. The molecule has 18 heavy (non-hydrogen) atoms. The van der Waals surface area contributed by atoms with Crippen LogP contribution in [0.3, 0.4) is 0 Å². The smallest absolute Gasteiger partial charge is 0.203 e. The molecule has 0 saturated carbocycles. The third-order valence-electron chi connectivity index (χ3n) is 2.63. The van der Waals surface area contributed by atoms with Crippen LogP contribution in [0.2, 0.25) is 0 Å². The molecule has 0 bridgehead atoms. The molecule has 0 radical (unpaired) electrons. The van der Waals surface area contributed by atoms with Gasteiger partial charge in [0.15, 0.2) is 11.5 Å². The van der Waals surface area contributed by atoms with E-state index in [0.29, 0.717) is 23.9 Å². The van der Waals surface area contributed by atoms with Gasteiger partial charge in [0.1, 0.15) is 0 Å². The van der Waals surface area contributed by atoms with Crippen molar-refractivity contribution in [3.8, 4) is 17.2 Å². The van der Waals surface area contributed by atoms with Gasteiger partial charge in [-0.15, -0.1) is 0 Å². The van der Waals surface area contributed by atoms with Gasteiger partial charge < -0.3 is 19.5 Å². The first kappa shape index (κ1) is 14.6. The molecule has 0 aliphatic heterocycles. The minimum absolute atomic E-state index is 0.669. The van der Waals surface area contributed by atoms with E-state index in [4.69, 9.17) is 14.2 Å². The number of ether oxygens (including phenoxy) is 3. The van der Waals surface area contributed by atoms with E-state index in [-0.39, 0.29) is 0 Å². The van der Waals surface area contributed by atoms with Crippen molar-refractivity contribution >= 4 is 0 Å². The minimum atomic E-state index is 0.669. The fourth-order valence-electron chi connectivity index (χ4n) is 1.66. The van der Waals surface area contributed by atoms with Crippen molar-refractivity contribution in [1.82, 2.24) is 5.32 Å². The summed E-state index contributed by atoms with van der Waals surface area (Å²) in [5.41, 5.74) is 0. The van der Waals surface area contributed by atoms with E-state index in [0.717, 1.165) is 25.9 Å². The van der Waals surface area contributed by atoms with Crippen LogP contribution in [0.15, 0.2) is 18.2 Å². The second kappa shape index (κ2) is 8.64. The van der Waals surface area contributed by atoms with E-state index in [9.17, 15) is 0 Å². The lowest BCUT2D eigenvalue weighted by Crippen LogP contribution is -2.14. The average Bonchev–Trinajstić information content (AvgIpc) is 2.42. The molecule has 0 atom stereocenters. The first-order chi connectivity index (χ1) is 8.83. The molecule has 0 aliphatic carbocycles. The van der Waals surface area contributed by atoms with Crippen molar-refractivity contribution in [2.24, 2.45) is 0 Å². The monoisotopic (exact) mass is 253 g/mol. The van der Waals surface area contributed by atoms with Crippen molar-refractivity contribution in [2.45, 2.75) is 19.8 Å². The number of rotatable bonds is 9. The van der Waals surface area contributed by atoms with Gasteiger partial charge in [0.2, 0.25) is 5.75 Å². The summed E-state index contributed by atoms with van der Waals surface area (Å²) >= 11 is 0. The summed E-state index contributed by atoms with van der Waals surface area (Å²) in [4.78, 5) is 0. The molecule has 4 nitrogen and oxygen atoms in total. The van der Waals surface area contributed by atoms with Crippen LogP contribution < -0.4 is 19.5 Å². The highest BCUT2D eigenvalue weighted by Gasteiger charge is 2.10. The predicted molar refractivity (Wildman–Crippen MR) is 72.8 cm³/mol. The van der Waals surface area contributed by atoms with Crippen molar-refractivity contribution in [3.63, 3.8) is 0 Å². The van der Waals surface area contributed by atoms with Crippen LogP contribution in [0.4, 0.5) is 0 Å². The molecule has 1 N–H and O–H groups in total. The summed E-state index contributed by atoms with van der Waals surface area (Å²) in [6.07, 6.45) is 2.11. The zero-order chi connectivity index (χ0) is 13.2. The maximum absolute atomic E-state index is 5.75. The molecule has 0 amide bonds. The number of benzene rings is 1. The van der Waals surface area contributed by atoms with Crippen LogP contribution in [-0.4, -0.2) is 33.9 Å². The zero-order valence-corrected chi connectivity index (χ0v) is 11.5. The van der Waals surface area contributed by atoms with Gasteiger partial charge >= 0.3 is 0 Å². The number of hydrogen-bond acceptors (Lipinski definition) is 4. The Morgan fingerprint density at radius 3 is 2.28 bits per heavy atom. The van der Waals surface area contributed by atoms with Crippen molar-refractivity contribution < 1.29 is 14.2 Å². The van der Waals surface area contributed by atoms with Crippen LogP contribution in [0.5, 0.6) is 17.2 Å². The first-order valence-electron chi connectivity index (χ1n) is 6.38. The first-order valence-corrected chi connectivity index (χ1v) is 6.38. The lowest BCUT2D eigenvalue weighted by Gasteiger charge is -2.13. The molecular formula is C14H23NO3. The molecule has 0 fully saturated rings. The molecule has 0 aromatic heterocycles. The summed E-state index contributed by atoms with van der Waals surface area (Å²) in [6.45, 7) is 4.82. The van der Waals surface area contributed by atoms with Crippen molar-refractivity contribution in [3.05, 3.63) is 18.2 Å². The van der Waals surface area contributed by atoms with E-state index in [1.807, 2.05) is 18.2 Å².